The fraction of sp³-hybridized carbons (Fsp3) is 0.167. The molecule has 3 aromatic rings. The standard InChI is InChI=1S/C24H22BrClFN3O5S/c1-34-22-12-17(11-19(25)24(22)35-15-16-7-9-18(26)10-8-16)13-28-29-23(31)14-30(36(2,32)33)21-6-4-3-5-20(21)27/h3-13H,14-15H2,1-2H3,(H,29,31)/b28-13-. The lowest BCUT2D eigenvalue weighted by Gasteiger charge is -2.21. The highest BCUT2D eigenvalue weighted by Gasteiger charge is 2.23. The third-order valence-electron chi connectivity index (χ3n) is 4.76. The van der Waals surface area contributed by atoms with E-state index < -0.39 is 28.3 Å². The van der Waals surface area contributed by atoms with E-state index in [0.29, 0.717) is 30.9 Å². The first-order valence-electron chi connectivity index (χ1n) is 10.4. The molecule has 190 valence electrons. The van der Waals surface area contributed by atoms with Crippen LogP contribution < -0.4 is 19.2 Å². The van der Waals surface area contributed by atoms with Gasteiger partial charge in [-0.25, -0.2) is 18.2 Å². The zero-order chi connectivity index (χ0) is 26.3. The third-order valence-corrected chi connectivity index (χ3v) is 6.73. The summed E-state index contributed by atoms with van der Waals surface area (Å²) < 4.78 is 50.9. The predicted octanol–water partition coefficient (Wildman–Crippen LogP) is 4.75. The van der Waals surface area contributed by atoms with Gasteiger partial charge in [0.05, 0.1) is 29.7 Å². The van der Waals surface area contributed by atoms with Gasteiger partial charge in [-0.15, -0.1) is 0 Å². The summed E-state index contributed by atoms with van der Waals surface area (Å²) in [6.45, 7) is -0.365. The SMILES string of the molecule is COc1cc(/C=N\NC(=O)CN(c2ccccc2F)S(C)(=O)=O)cc(Br)c1OCc1ccc(Cl)cc1. The van der Waals surface area contributed by atoms with Crippen molar-refractivity contribution in [3.8, 4) is 11.5 Å². The van der Waals surface area contributed by atoms with Crippen molar-refractivity contribution in [1.29, 1.82) is 0 Å². The number of nitrogens with one attached hydrogen (secondary N) is 1. The van der Waals surface area contributed by atoms with Crippen LogP contribution in [0.15, 0.2) is 70.2 Å². The Kier molecular flexibility index (Phi) is 9.30. The number of ether oxygens (including phenoxy) is 2. The first-order chi connectivity index (χ1) is 17.1. The fourth-order valence-electron chi connectivity index (χ4n) is 3.07. The van der Waals surface area contributed by atoms with Gasteiger partial charge in [0.2, 0.25) is 10.0 Å². The molecule has 0 aliphatic heterocycles. The normalized spacial score (nSPS) is 11.4. The number of para-hydroxylation sites is 1. The van der Waals surface area contributed by atoms with Crippen LogP contribution in [-0.2, 0) is 21.4 Å². The van der Waals surface area contributed by atoms with Crippen molar-refractivity contribution in [2.24, 2.45) is 5.10 Å². The Hall–Kier alpha value is -3.15. The number of nitrogens with zero attached hydrogens (tertiary/aromatic N) is 2. The number of hydrogen-bond acceptors (Lipinski definition) is 6. The zero-order valence-corrected chi connectivity index (χ0v) is 22.4. The number of hydrogen-bond donors (Lipinski definition) is 1. The second kappa shape index (κ2) is 12.2. The number of sulfonamides is 1. The maximum absolute atomic E-state index is 14.1. The number of benzene rings is 3. The van der Waals surface area contributed by atoms with Crippen molar-refractivity contribution in [2.45, 2.75) is 6.61 Å². The molecule has 0 heterocycles. The number of amides is 1. The Bertz CT molecular complexity index is 1370. The van der Waals surface area contributed by atoms with Gasteiger partial charge < -0.3 is 9.47 Å². The molecular weight excluding hydrogens is 577 g/mol. The first-order valence-corrected chi connectivity index (χ1v) is 13.4. The molecule has 0 fully saturated rings. The van der Waals surface area contributed by atoms with Crippen LogP contribution in [0.5, 0.6) is 11.5 Å². The second-order valence-corrected chi connectivity index (χ2v) is 10.7. The van der Waals surface area contributed by atoms with Gasteiger partial charge in [0.25, 0.3) is 5.91 Å². The highest BCUT2D eigenvalue weighted by Crippen LogP contribution is 2.37. The molecule has 3 rings (SSSR count). The van der Waals surface area contributed by atoms with E-state index in [1.54, 1.807) is 24.3 Å². The van der Waals surface area contributed by atoms with Crippen molar-refractivity contribution in [1.82, 2.24) is 5.43 Å². The second-order valence-electron chi connectivity index (χ2n) is 7.46. The molecular formula is C24H22BrClFN3O5S. The largest absolute Gasteiger partial charge is 0.493 e. The summed E-state index contributed by atoms with van der Waals surface area (Å²) in [4.78, 5) is 12.3. The van der Waals surface area contributed by atoms with Crippen molar-refractivity contribution in [3.05, 3.63) is 87.1 Å². The molecule has 0 saturated heterocycles. The Morgan fingerprint density at radius 1 is 1.19 bits per heavy atom. The van der Waals surface area contributed by atoms with Crippen LogP contribution in [0, 0.1) is 5.82 Å². The zero-order valence-electron chi connectivity index (χ0n) is 19.2. The van der Waals surface area contributed by atoms with Gasteiger partial charge in [0.1, 0.15) is 19.0 Å². The predicted molar refractivity (Wildman–Crippen MR) is 141 cm³/mol. The summed E-state index contributed by atoms with van der Waals surface area (Å²) in [5.41, 5.74) is 3.49. The van der Waals surface area contributed by atoms with Crippen LogP contribution in [0.1, 0.15) is 11.1 Å². The highest BCUT2D eigenvalue weighted by molar-refractivity contribution is 9.10. The van der Waals surface area contributed by atoms with Crippen molar-refractivity contribution >= 4 is 55.4 Å². The van der Waals surface area contributed by atoms with E-state index in [1.807, 2.05) is 12.1 Å². The lowest BCUT2D eigenvalue weighted by Crippen LogP contribution is -2.39. The number of rotatable bonds is 10. The molecule has 1 N–H and O–H groups in total. The van der Waals surface area contributed by atoms with Crippen LogP contribution >= 0.6 is 27.5 Å². The van der Waals surface area contributed by atoms with Gasteiger partial charge in [-0.1, -0.05) is 35.9 Å². The highest BCUT2D eigenvalue weighted by atomic mass is 79.9. The van der Waals surface area contributed by atoms with Gasteiger partial charge in [-0.05, 0) is 63.5 Å². The topological polar surface area (TPSA) is 97.3 Å². The van der Waals surface area contributed by atoms with Crippen molar-refractivity contribution < 1.29 is 27.1 Å². The van der Waals surface area contributed by atoms with Crippen LogP contribution in [0.4, 0.5) is 10.1 Å². The Balaban J connectivity index is 1.68. The number of carbonyl (C=O) groups is 1. The van der Waals surface area contributed by atoms with E-state index in [-0.39, 0.29) is 12.3 Å². The van der Waals surface area contributed by atoms with E-state index in [0.717, 1.165) is 17.9 Å². The monoisotopic (exact) mass is 597 g/mol. The molecule has 0 aliphatic carbocycles. The average Bonchev–Trinajstić information content (AvgIpc) is 2.82. The Labute approximate surface area is 221 Å². The molecule has 0 atom stereocenters. The van der Waals surface area contributed by atoms with E-state index in [2.05, 4.69) is 26.5 Å². The first kappa shape index (κ1) is 27.4. The molecule has 0 spiro atoms. The Morgan fingerprint density at radius 3 is 2.53 bits per heavy atom. The number of halogens is 3. The Morgan fingerprint density at radius 2 is 1.89 bits per heavy atom. The molecule has 0 bridgehead atoms. The number of anilines is 1. The number of carbonyl (C=O) groups excluding carboxylic acids is 1. The third kappa shape index (κ3) is 7.42. The summed E-state index contributed by atoms with van der Waals surface area (Å²) in [5.74, 6) is -0.625. The summed E-state index contributed by atoms with van der Waals surface area (Å²) in [7, 11) is -2.43. The molecule has 3 aromatic carbocycles. The van der Waals surface area contributed by atoms with E-state index >= 15 is 0 Å². The fourth-order valence-corrected chi connectivity index (χ4v) is 4.63. The average molecular weight is 599 g/mol. The van der Waals surface area contributed by atoms with E-state index in [9.17, 15) is 17.6 Å². The molecule has 12 heteroatoms. The summed E-state index contributed by atoms with van der Waals surface area (Å²) >= 11 is 9.36. The van der Waals surface area contributed by atoms with Crippen LogP contribution in [0.2, 0.25) is 5.02 Å². The molecule has 8 nitrogen and oxygen atoms in total. The van der Waals surface area contributed by atoms with Crippen molar-refractivity contribution in [2.75, 3.05) is 24.2 Å². The molecule has 0 radical (unpaired) electrons. The van der Waals surface area contributed by atoms with Crippen molar-refractivity contribution in [3.63, 3.8) is 0 Å². The minimum Gasteiger partial charge on any atom is -0.493 e. The lowest BCUT2D eigenvalue weighted by molar-refractivity contribution is -0.119. The molecule has 1 amide bonds. The maximum Gasteiger partial charge on any atom is 0.260 e. The summed E-state index contributed by atoms with van der Waals surface area (Å²) in [6, 6.07) is 15.9. The van der Waals surface area contributed by atoms with E-state index in [1.165, 1.54) is 31.5 Å². The van der Waals surface area contributed by atoms with Crippen LogP contribution in [0.3, 0.4) is 0 Å². The van der Waals surface area contributed by atoms with Gasteiger partial charge in [-0.3, -0.25) is 9.10 Å². The number of hydrazone groups is 1. The van der Waals surface area contributed by atoms with Gasteiger partial charge in [-0.2, -0.15) is 5.10 Å². The van der Waals surface area contributed by atoms with E-state index in [4.69, 9.17) is 21.1 Å². The lowest BCUT2D eigenvalue weighted by atomic mass is 10.2. The number of methoxy groups -OCH3 is 1. The van der Waals surface area contributed by atoms with Gasteiger partial charge in [0.15, 0.2) is 11.5 Å². The molecule has 0 unspecified atom stereocenters. The summed E-state index contributed by atoms with van der Waals surface area (Å²) in [5, 5.41) is 4.50. The quantitative estimate of drug-likeness (QED) is 0.269. The smallest absolute Gasteiger partial charge is 0.260 e. The summed E-state index contributed by atoms with van der Waals surface area (Å²) in [6.07, 6.45) is 2.23. The molecule has 36 heavy (non-hydrogen) atoms. The molecule has 0 saturated carbocycles. The maximum atomic E-state index is 14.1. The van der Waals surface area contributed by atoms with Crippen LogP contribution in [-0.4, -0.2) is 40.4 Å². The van der Waals surface area contributed by atoms with Gasteiger partial charge in [0, 0.05) is 5.02 Å². The minimum absolute atomic E-state index is 0.234. The molecule has 0 aliphatic rings. The van der Waals surface area contributed by atoms with Gasteiger partial charge >= 0.3 is 0 Å². The molecule has 0 aromatic heterocycles. The van der Waals surface area contributed by atoms with Crippen LogP contribution in [0.25, 0.3) is 0 Å². The minimum atomic E-state index is -3.92.